The molecular weight excluding hydrogens is 586 g/mol. The molecule has 0 atom stereocenters. The molecule has 2 fully saturated rings. The molecule has 234 valence electrons. The van der Waals surface area contributed by atoms with Gasteiger partial charge in [-0.05, 0) is 41.8 Å². The molecule has 1 N–H and O–H groups in total. The lowest BCUT2D eigenvalue weighted by molar-refractivity contribution is -0.134. The van der Waals surface area contributed by atoms with Gasteiger partial charge in [0.25, 0.3) is 0 Å². The van der Waals surface area contributed by atoms with Gasteiger partial charge in [0.1, 0.15) is 5.75 Å². The van der Waals surface area contributed by atoms with Gasteiger partial charge in [-0.15, -0.1) is 11.3 Å². The summed E-state index contributed by atoms with van der Waals surface area (Å²) in [5, 5.41) is 10.0. The molecular formula is C35H39N5O4S. The zero-order valence-corrected chi connectivity index (χ0v) is 26.5. The van der Waals surface area contributed by atoms with Crippen LogP contribution in [0.5, 0.6) is 5.75 Å². The Hall–Kier alpha value is -4.12. The third kappa shape index (κ3) is 7.76. The summed E-state index contributed by atoms with van der Waals surface area (Å²) in [7, 11) is 0. The fourth-order valence-corrected chi connectivity index (χ4v) is 6.86. The van der Waals surface area contributed by atoms with Crippen molar-refractivity contribution < 1.29 is 19.4 Å². The first-order valence-corrected chi connectivity index (χ1v) is 16.5. The number of nitrogens with zero attached hydrogens (tertiary/aromatic N) is 5. The number of ketones is 1. The minimum Gasteiger partial charge on any atom is -0.508 e. The van der Waals surface area contributed by atoms with Crippen LogP contribution >= 0.6 is 11.3 Å². The highest BCUT2D eigenvalue weighted by molar-refractivity contribution is 7.19. The van der Waals surface area contributed by atoms with Crippen LogP contribution in [-0.2, 0) is 27.3 Å². The van der Waals surface area contributed by atoms with Crippen molar-refractivity contribution in [1.29, 1.82) is 0 Å². The summed E-state index contributed by atoms with van der Waals surface area (Å²) in [4.78, 5) is 42.8. The molecule has 0 spiro atoms. The van der Waals surface area contributed by atoms with Gasteiger partial charge in [0.05, 0.1) is 23.4 Å². The molecule has 2 aliphatic heterocycles. The Kier molecular flexibility index (Phi) is 9.83. The minimum absolute atomic E-state index is 0.0295. The molecule has 2 aromatic heterocycles. The number of morpholine rings is 1. The quantitative estimate of drug-likeness (QED) is 0.241. The van der Waals surface area contributed by atoms with Crippen LogP contribution in [0.4, 0.5) is 5.82 Å². The lowest BCUT2D eigenvalue weighted by atomic mass is 10.1. The van der Waals surface area contributed by atoms with Gasteiger partial charge in [0, 0.05) is 69.1 Å². The first-order chi connectivity index (χ1) is 21.9. The molecule has 2 aliphatic rings. The predicted octanol–water partition coefficient (Wildman–Crippen LogP) is 5.17. The summed E-state index contributed by atoms with van der Waals surface area (Å²) in [6.45, 7) is 8.60. The van der Waals surface area contributed by atoms with E-state index >= 15 is 0 Å². The zero-order valence-electron chi connectivity index (χ0n) is 25.7. The molecule has 10 heteroatoms. The summed E-state index contributed by atoms with van der Waals surface area (Å²) in [5.41, 5.74) is 3.93. The number of rotatable bonds is 10. The van der Waals surface area contributed by atoms with Crippen molar-refractivity contribution in [2.45, 2.75) is 32.7 Å². The number of hydrogen-bond donors (Lipinski definition) is 1. The number of ether oxygens (including phenoxy) is 1. The number of carbonyl (C=O) groups excluding carboxylic acids is 2. The number of amides is 1. The van der Waals surface area contributed by atoms with Crippen molar-refractivity contribution in [1.82, 2.24) is 19.8 Å². The summed E-state index contributed by atoms with van der Waals surface area (Å²) in [6, 6.07) is 17.4. The molecule has 0 unspecified atom stereocenters. The number of carbonyl (C=O) groups is 2. The Labute approximate surface area is 267 Å². The average Bonchev–Trinajstić information content (AvgIpc) is 3.49. The maximum Gasteiger partial charge on any atom is 0.223 e. The SMILES string of the molecule is CCc1ccc(/C=C/C(=O)CCC(=O)N2CCN(Cc3cc4nc(-c5cccc(O)c5)nc(N5CCOCC5)c4s3)CC2)cc1. The number of aromatic nitrogens is 2. The number of thiophene rings is 1. The highest BCUT2D eigenvalue weighted by Crippen LogP contribution is 2.35. The van der Waals surface area contributed by atoms with Gasteiger partial charge < -0.3 is 19.6 Å². The molecule has 4 aromatic rings. The summed E-state index contributed by atoms with van der Waals surface area (Å²) >= 11 is 1.72. The van der Waals surface area contributed by atoms with Crippen molar-refractivity contribution in [3.63, 3.8) is 0 Å². The first kappa shape index (κ1) is 30.9. The number of benzene rings is 2. The van der Waals surface area contributed by atoms with E-state index in [0.717, 1.165) is 66.3 Å². The molecule has 2 aromatic carbocycles. The number of anilines is 1. The number of allylic oxidation sites excluding steroid dienone is 1. The minimum atomic E-state index is -0.0295. The molecule has 4 heterocycles. The van der Waals surface area contributed by atoms with E-state index in [-0.39, 0.29) is 30.3 Å². The van der Waals surface area contributed by atoms with E-state index in [9.17, 15) is 14.7 Å². The maximum absolute atomic E-state index is 12.9. The number of phenols is 1. The maximum atomic E-state index is 12.9. The molecule has 6 rings (SSSR count). The average molecular weight is 626 g/mol. The van der Waals surface area contributed by atoms with Crippen LogP contribution in [-0.4, -0.2) is 89.0 Å². The zero-order chi connectivity index (χ0) is 31.2. The van der Waals surface area contributed by atoms with Crippen LogP contribution in [0.2, 0.25) is 0 Å². The summed E-state index contributed by atoms with van der Waals surface area (Å²) in [6.07, 6.45) is 4.85. The van der Waals surface area contributed by atoms with Crippen LogP contribution in [0.3, 0.4) is 0 Å². The highest BCUT2D eigenvalue weighted by Gasteiger charge is 2.24. The van der Waals surface area contributed by atoms with Crippen molar-refractivity contribution >= 4 is 45.1 Å². The molecule has 0 saturated carbocycles. The molecule has 1 amide bonds. The second kappa shape index (κ2) is 14.3. The third-order valence-corrected chi connectivity index (χ3v) is 9.46. The van der Waals surface area contributed by atoms with Crippen LogP contribution in [0, 0.1) is 0 Å². The summed E-state index contributed by atoms with van der Waals surface area (Å²) in [5.74, 6) is 1.70. The Morgan fingerprint density at radius 1 is 0.956 bits per heavy atom. The molecule has 9 nitrogen and oxygen atoms in total. The molecule has 0 aliphatic carbocycles. The number of fused-ring (bicyclic) bond motifs is 1. The Balaban J connectivity index is 1.05. The number of aromatic hydroxyl groups is 1. The molecule has 2 saturated heterocycles. The molecule has 45 heavy (non-hydrogen) atoms. The monoisotopic (exact) mass is 625 g/mol. The lowest BCUT2D eigenvalue weighted by Crippen LogP contribution is -2.48. The fourth-order valence-electron chi connectivity index (χ4n) is 5.71. The Bertz CT molecular complexity index is 1670. The van der Waals surface area contributed by atoms with Crippen LogP contribution in [0.1, 0.15) is 35.8 Å². The number of phenolic OH excluding ortho intramolecular Hbond substituents is 1. The predicted molar refractivity (Wildman–Crippen MR) is 178 cm³/mol. The topological polar surface area (TPSA) is 99.1 Å². The van der Waals surface area contributed by atoms with Gasteiger partial charge >= 0.3 is 0 Å². The molecule has 0 bridgehead atoms. The number of hydrogen-bond acceptors (Lipinski definition) is 9. The van der Waals surface area contributed by atoms with Gasteiger partial charge in [0.2, 0.25) is 5.91 Å². The highest BCUT2D eigenvalue weighted by atomic mass is 32.1. The largest absolute Gasteiger partial charge is 0.508 e. The van der Waals surface area contributed by atoms with E-state index < -0.39 is 0 Å². The van der Waals surface area contributed by atoms with Crippen LogP contribution < -0.4 is 4.90 Å². The van der Waals surface area contributed by atoms with Crippen molar-refractivity contribution in [2.75, 3.05) is 57.4 Å². The fraction of sp³-hybridized carbons (Fsp3) is 0.371. The van der Waals surface area contributed by atoms with Gasteiger partial charge in [-0.1, -0.05) is 49.4 Å². The number of piperazine rings is 1. The van der Waals surface area contributed by atoms with E-state index in [1.54, 1.807) is 35.6 Å². The van der Waals surface area contributed by atoms with Gasteiger partial charge in [0.15, 0.2) is 17.4 Å². The lowest BCUT2D eigenvalue weighted by Gasteiger charge is -2.34. The first-order valence-electron chi connectivity index (χ1n) is 15.7. The van der Waals surface area contributed by atoms with Crippen LogP contribution in [0.25, 0.3) is 27.7 Å². The van der Waals surface area contributed by atoms with Crippen molar-refractivity contribution in [3.05, 3.63) is 76.7 Å². The van der Waals surface area contributed by atoms with Crippen molar-refractivity contribution in [3.8, 4) is 17.1 Å². The van der Waals surface area contributed by atoms with E-state index in [1.165, 1.54) is 10.4 Å². The van der Waals surface area contributed by atoms with Crippen LogP contribution in [0.15, 0.2) is 60.7 Å². The van der Waals surface area contributed by atoms with E-state index in [0.29, 0.717) is 32.1 Å². The number of aryl methyl sites for hydroxylation is 1. The third-order valence-electron chi connectivity index (χ3n) is 8.36. The van der Waals surface area contributed by atoms with Gasteiger partial charge in [-0.3, -0.25) is 14.5 Å². The standard InChI is InChI=1S/C35H39N5O4S/c1-2-25-6-8-26(9-7-25)10-11-28(41)12-13-32(43)39-16-14-38(15-17-39)24-30-23-31-33(45-30)35(40-18-20-44-21-19-40)37-34(36-31)27-4-3-5-29(42)22-27/h3-11,22-23,42H,2,12-21,24H2,1H3/b11-10+. The molecule has 0 radical (unpaired) electrons. The van der Waals surface area contributed by atoms with Crippen molar-refractivity contribution in [2.24, 2.45) is 0 Å². The normalized spacial score (nSPS) is 16.1. The van der Waals surface area contributed by atoms with E-state index in [1.807, 2.05) is 29.2 Å². The smallest absolute Gasteiger partial charge is 0.223 e. The second-order valence-corrected chi connectivity index (χ2v) is 12.6. The van der Waals surface area contributed by atoms with E-state index in [4.69, 9.17) is 14.7 Å². The summed E-state index contributed by atoms with van der Waals surface area (Å²) < 4.78 is 6.64. The van der Waals surface area contributed by atoms with Gasteiger partial charge in [-0.25, -0.2) is 9.97 Å². The second-order valence-electron chi connectivity index (χ2n) is 11.5. The van der Waals surface area contributed by atoms with E-state index in [2.05, 4.69) is 34.9 Å². The van der Waals surface area contributed by atoms with Gasteiger partial charge in [-0.2, -0.15) is 0 Å². The Morgan fingerprint density at radius 3 is 2.47 bits per heavy atom. The Morgan fingerprint density at radius 2 is 1.73 bits per heavy atom.